The maximum atomic E-state index is 13.0. The first-order chi connectivity index (χ1) is 16.1. The van der Waals surface area contributed by atoms with Gasteiger partial charge in [0, 0.05) is 48.7 Å². The van der Waals surface area contributed by atoms with Gasteiger partial charge in [-0.2, -0.15) is 11.8 Å². The molecule has 0 radical (unpaired) electrons. The molecule has 0 aliphatic carbocycles. The average Bonchev–Trinajstić information content (AvgIpc) is 3.16. The number of imide groups is 1. The number of carbonyl (C=O) groups excluding carboxylic acids is 3. The number of nitrogens with one attached hydrogen (secondary N) is 1. The summed E-state index contributed by atoms with van der Waals surface area (Å²) in [5.74, 6) is 2.19. The van der Waals surface area contributed by atoms with E-state index in [1.165, 1.54) is 17.1 Å². The van der Waals surface area contributed by atoms with E-state index >= 15 is 0 Å². The molecule has 3 aliphatic heterocycles. The van der Waals surface area contributed by atoms with Crippen LogP contribution in [0.25, 0.3) is 0 Å². The number of nitrogens with zero attached hydrogens (tertiary/aromatic N) is 2. The summed E-state index contributed by atoms with van der Waals surface area (Å²) >= 11 is 2.02. The third-order valence-corrected chi connectivity index (χ3v) is 7.41. The van der Waals surface area contributed by atoms with Crippen LogP contribution in [0.4, 0.5) is 0 Å². The molecule has 172 valence electrons. The van der Waals surface area contributed by atoms with Crippen molar-refractivity contribution < 1.29 is 19.1 Å². The quantitative estimate of drug-likeness (QED) is 0.661. The standard InChI is InChI=1S/C25H27N3O4S/c29-23-9-8-21(24(30)26-23)28-15-20-19(25(28)31)2-1-3-22(20)32-16-18-6-4-17(5-7-18)14-27-10-12-33-13-11-27/h1-7,21H,8-16H2,(H,26,29,30). The summed E-state index contributed by atoms with van der Waals surface area (Å²) in [5, 5.41) is 2.34. The highest BCUT2D eigenvalue weighted by atomic mass is 32.2. The molecular formula is C25H27N3O4S. The van der Waals surface area contributed by atoms with Crippen molar-refractivity contribution in [3.05, 3.63) is 64.7 Å². The highest BCUT2D eigenvalue weighted by Gasteiger charge is 2.40. The van der Waals surface area contributed by atoms with Crippen molar-refractivity contribution in [3.8, 4) is 5.75 Å². The highest BCUT2D eigenvalue weighted by molar-refractivity contribution is 7.99. The van der Waals surface area contributed by atoms with Crippen LogP contribution in [0.1, 0.15) is 39.9 Å². The van der Waals surface area contributed by atoms with E-state index in [1.54, 1.807) is 17.0 Å². The van der Waals surface area contributed by atoms with Crippen molar-refractivity contribution in [3.63, 3.8) is 0 Å². The second-order valence-corrected chi connectivity index (χ2v) is 9.90. The summed E-state index contributed by atoms with van der Waals surface area (Å²) in [4.78, 5) is 40.7. The van der Waals surface area contributed by atoms with Crippen LogP contribution >= 0.6 is 11.8 Å². The Balaban J connectivity index is 1.23. The Morgan fingerprint density at radius 2 is 1.76 bits per heavy atom. The number of piperidine rings is 1. The number of hydrogen-bond acceptors (Lipinski definition) is 6. The largest absolute Gasteiger partial charge is 0.489 e. The molecule has 1 atom stereocenters. The summed E-state index contributed by atoms with van der Waals surface area (Å²) in [6.07, 6.45) is 0.593. The fourth-order valence-corrected chi connectivity index (χ4v) is 5.59. The van der Waals surface area contributed by atoms with E-state index in [2.05, 4.69) is 34.5 Å². The lowest BCUT2D eigenvalue weighted by Gasteiger charge is -2.29. The number of hydrogen-bond donors (Lipinski definition) is 1. The van der Waals surface area contributed by atoms with E-state index in [0.29, 0.717) is 30.9 Å². The lowest BCUT2D eigenvalue weighted by atomic mass is 10.0. The smallest absolute Gasteiger partial charge is 0.255 e. The van der Waals surface area contributed by atoms with Gasteiger partial charge in [-0.3, -0.25) is 24.6 Å². The Labute approximate surface area is 197 Å². The first-order valence-corrected chi connectivity index (χ1v) is 12.5. The Bertz CT molecular complexity index is 1070. The molecule has 2 aromatic rings. The van der Waals surface area contributed by atoms with Gasteiger partial charge in [-0.05, 0) is 29.7 Å². The van der Waals surface area contributed by atoms with Gasteiger partial charge in [0.1, 0.15) is 18.4 Å². The molecule has 2 saturated heterocycles. The Morgan fingerprint density at radius 1 is 1.00 bits per heavy atom. The second kappa shape index (κ2) is 9.57. The van der Waals surface area contributed by atoms with Crippen LogP contribution < -0.4 is 10.1 Å². The van der Waals surface area contributed by atoms with Gasteiger partial charge in [-0.15, -0.1) is 0 Å². The molecule has 0 spiro atoms. The van der Waals surface area contributed by atoms with Gasteiger partial charge in [0.25, 0.3) is 5.91 Å². The van der Waals surface area contributed by atoms with Crippen LogP contribution in [0.3, 0.4) is 0 Å². The molecule has 0 saturated carbocycles. The fraction of sp³-hybridized carbons (Fsp3) is 0.400. The topological polar surface area (TPSA) is 79.0 Å². The van der Waals surface area contributed by atoms with E-state index in [-0.39, 0.29) is 18.2 Å². The first kappa shape index (κ1) is 22.0. The van der Waals surface area contributed by atoms with Crippen LogP contribution in [-0.4, -0.2) is 58.2 Å². The zero-order chi connectivity index (χ0) is 22.8. The molecule has 1 unspecified atom stereocenters. The van der Waals surface area contributed by atoms with Crippen LogP contribution in [0.2, 0.25) is 0 Å². The Hall–Kier alpha value is -2.84. The van der Waals surface area contributed by atoms with Crippen molar-refractivity contribution in [2.24, 2.45) is 0 Å². The predicted octanol–water partition coefficient (Wildman–Crippen LogP) is 2.58. The zero-order valence-electron chi connectivity index (χ0n) is 18.4. The first-order valence-electron chi connectivity index (χ1n) is 11.4. The van der Waals surface area contributed by atoms with E-state index < -0.39 is 11.9 Å². The summed E-state index contributed by atoms with van der Waals surface area (Å²) in [6, 6.07) is 13.3. The highest BCUT2D eigenvalue weighted by Crippen LogP contribution is 2.34. The maximum Gasteiger partial charge on any atom is 0.255 e. The average molecular weight is 466 g/mol. The summed E-state index contributed by atoms with van der Waals surface area (Å²) in [5.41, 5.74) is 3.73. The van der Waals surface area contributed by atoms with Crippen LogP contribution in [0.5, 0.6) is 5.75 Å². The molecule has 2 fully saturated rings. The third-order valence-electron chi connectivity index (χ3n) is 6.47. The van der Waals surface area contributed by atoms with Crippen LogP contribution in [-0.2, 0) is 29.3 Å². The van der Waals surface area contributed by atoms with Gasteiger partial charge < -0.3 is 9.64 Å². The minimum Gasteiger partial charge on any atom is -0.489 e. The molecule has 3 aliphatic rings. The Kier molecular flexibility index (Phi) is 6.37. The SMILES string of the molecule is O=C1CCC(N2Cc3c(OCc4ccc(CN5CCSCC5)cc4)cccc3C2=O)C(=O)N1. The zero-order valence-corrected chi connectivity index (χ0v) is 19.2. The number of ether oxygens (including phenoxy) is 1. The molecule has 1 N–H and O–H groups in total. The minimum atomic E-state index is -0.624. The van der Waals surface area contributed by atoms with Crippen molar-refractivity contribution in [2.45, 2.75) is 38.6 Å². The molecule has 0 aromatic heterocycles. The number of benzene rings is 2. The van der Waals surface area contributed by atoms with Gasteiger partial charge in [0.15, 0.2) is 0 Å². The molecule has 3 heterocycles. The minimum absolute atomic E-state index is 0.189. The summed E-state index contributed by atoms with van der Waals surface area (Å²) < 4.78 is 6.11. The van der Waals surface area contributed by atoms with Crippen molar-refractivity contribution >= 4 is 29.5 Å². The Morgan fingerprint density at radius 3 is 2.52 bits per heavy atom. The molecule has 2 aromatic carbocycles. The van der Waals surface area contributed by atoms with Crippen molar-refractivity contribution in [2.75, 3.05) is 24.6 Å². The van der Waals surface area contributed by atoms with Crippen LogP contribution in [0.15, 0.2) is 42.5 Å². The molecule has 5 rings (SSSR count). The van der Waals surface area contributed by atoms with E-state index in [1.807, 2.05) is 17.8 Å². The van der Waals surface area contributed by atoms with Gasteiger partial charge in [-0.1, -0.05) is 30.3 Å². The van der Waals surface area contributed by atoms with Gasteiger partial charge in [0.2, 0.25) is 11.8 Å². The molecule has 0 bridgehead atoms. The van der Waals surface area contributed by atoms with Crippen molar-refractivity contribution in [1.29, 1.82) is 0 Å². The number of amides is 3. The summed E-state index contributed by atoms with van der Waals surface area (Å²) in [6.45, 7) is 3.98. The lowest BCUT2D eigenvalue weighted by Crippen LogP contribution is -2.52. The van der Waals surface area contributed by atoms with Gasteiger partial charge >= 0.3 is 0 Å². The lowest BCUT2D eigenvalue weighted by molar-refractivity contribution is -0.136. The van der Waals surface area contributed by atoms with Gasteiger partial charge in [0.05, 0.1) is 6.54 Å². The number of thioether (sulfide) groups is 1. The summed E-state index contributed by atoms with van der Waals surface area (Å²) in [7, 11) is 0. The van der Waals surface area contributed by atoms with Gasteiger partial charge in [-0.25, -0.2) is 0 Å². The second-order valence-electron chi connectivity index (χ2n) is 8.68. The molecule has 8 heteroatoms. The monoisotopic (exact) mass is 465 g/mol. The van der Waals surface area contributed by atoms with E-state index in [9.17, 15) is 14.4 Å². The van der Waals surface area contributed by atoms with E-state index in [4.69, 9.17) is 4.74 Å². The molecule has 7 nitrogen and oxygen atoms in total. The molecule has 33 heavy (non-hydrogen) atoms. The van der Waals surface area contributed by atoms with Crippen molar-refractivity contribution in [1.82, 2.24) is 15.1 Å². The number of fused-ring (bicyclic) bond motifs is 1. The van der Waals surface area contributed by atoms with E-state index in [0.717, 1.165) is 30.8 Å². The number of carbonyl (C=O) groups is 3. The predicted molar refractivity (Wildman–Crippen MR) is 126 cm³/mol. The molecule has 3 amide bonds. The molecular weight excluding hydrogens is 438 g/mol. The fourth-order valence-electron chi connectivity index (χ4n) is 4.61. The van der Waals surface area contributed by atoms with Crippen LogP contribution in [0, 0.1) is 0 Å². The maximum absolute atomic E-state index is 13.0. The third kappa shape index (κ3) is 4.77. The number of rotatable bonds is 6. The normalized spacial score (nSPS) is 21.2.